The molecule has 1 fully saturated rings. The minimum absolute atomic E-state index is 0.184. The Morgan fingerprint density at radius 3 is 2.58 bits per heavy atom. The van der Waals surface area contributed by atoms with Gasteiger partial charge in [-0.25, -0.2) is 9.97 Å². The van der Waals surface area contributed by atoms with E-state index in [-0.39, 0.29) is 16.8 Å². The van der Waals surface area contributed by atoms with Gasteiger partial charge in [-0.1, -0.05) is 65.4 Å². The number of amides is 1. The van der Waals surface area contributed by atoms with Crippen LogP contribution in [0.4, 0.5) is 5.69 Å². The van der Waals surface area contributed by atoms with Crippen molar-refractivity contribution in [3.8, 4) is 22.0 Å². The van der Waals surface area contributed by atoms with Gasteiger partial charge in [0.2, 0.25) is 0 Å². The average molecular weight is 478 g/mol. The molecule has 2 aromatic heterocycles. The molecule has 1 aliphatic rings. The minimum atomic E-state index is -0.377. The van der Waals surface area contributed by atoms with Crippen LogP contribution in [-0.4, -0.2) is 39.3 Å². The second-order valence-corrected chi connectivity index (χ2v) is 8.99. The lowest BCUT2D eigenvalue weighted by Gasteiger charge is -2.19. The van der Waals surface area contributed by atoms with Crippen LogP contribution in [0.5, 0.6) is 0 Å². The molecule has 166 valence electrons. The number of carbonyl (C=O) groups is 1. The summed E-state index contributed by atoms with van der Waals surface area (Å²) in [7, 11) is 0. The zero-order chi connectivity index (χ0) is 22.6. The van der Waals surface area contributed by atoms with Crippen molar-refractivity contribution in [3.05, 3.63) is 76.5 Å². The topological polar surface area (TPSA) is 89.9 Å². The Balaban J connectivity index is 1.40. The standard InChI is InChI=1S/C24H20ClN5O2S/c25-20-14-19(26-21(28-20)15-6-2-1-3-7-15)22(31)27-18-9-5-4-8-17(18)24-30-29-23(33-24)16-10-12-32-13-11-16/h1-9,14,16H,10-13H2,(H,27,31). The van der Waals surface area contributed by atoms with Crippen LogP contribution in [-0.2, 0) is 4.74 Å². The van der Waals surface area contributed by atoms with E-state index in [9.17, 15) is 4.79 Å². The number of rotatable bonds is 5. The van der Waals surface area contributed by atoms with Gasteiger partial charge in [0.15, 0.2) is 5.82 Å². The molecule has 0 saturated carbocycles. The lowest BCUT2D eigenvalue weighted by Crippen LogP contribution is -2.15. The largest absolute Gasteiger partial charge is 0.381 e. The van der Waals surface area contributed by atoms with Crippen LogP contribution >= 0.6 is 22.9 Å². The summed E-state index contributed by atoms with van der Waals surface area (Å²) in [5.74, 6) is 0.385. The van der Waals surface area contributed by atoms with Crippen LogP contribution in [0.1, 0.15) is 34.3 Å². The highest BCUT2D eigenvalue weighted by Crippen LogP contribution is 2.35. The number of nitrogens with zero attached hydrogens (tertiary/aromatic N) is 4. The molecule has 0 spiro atoms. The zero-order valence-corrected chi connectivity index (χ0v) is 19.1. The number of hydrogen-bond donors (Lipinski definition) is 1. The maximum absolute atomic E-state index is 13.1. The number of nitrogens with one attached hydrogen (secondary N) is 1. The Kier molecular flexibility index (Phi) is 6.39. The van der Waals surface area contributed by atoms with Gasteiger partial charge in [0.25, 0.3) is 5.91 Å². The Hall–Kier alpha value is -3.20. The van der Waals surface area contributed by atoms with E-state index in [0.29, 0.717) is 17.4 Å². The van der Waals surface area contributed by atoms with Crippen molar-refractivity contribution in [1.29, 1.82) is 0 Å². The Morgan fingerprint density at radius 1 is 1.00 bits per heavy atom. The molecule has 4 aromatic rings. The highest BCUT2D eigenvalue weighted by Gasteiger charge is 2.22. The number of anilines is 1. The Bertz CT molecular complexity index is 1270. The molecule has 0 atom stereocenters. The SMILES string of the molecule is O=C(Nc1ccccc1-c1nnc(C2CCOCC2)s1)c1cc(Cl)nc(-c2ccccc2)n1. The van der Waals surface area contributed by atoms with Gasteiger partial charge in [0, 0.05) is 36.3 Å². The molecular weight excluding hydrogens is 458 g/mol. The molecule has 1 N–H and O–H groups in total. The summed E-state index contributed by atoms with van der Waals surface area (Å²) in [6, 6.07) is 18.4. The number of ether oxygens (including phenoxy) is 1. The third-order valence-electron chi connectivity index (χ3n) is 5.38. The first-order chi connectivity index (χ1) is 16.2. The van der Waals surface area contributed by atoms with Crippen molar-refractivity contribution < 1.29 is 9.53 Å². The first-order valence-corrected chi connectivity index (χ1v) is 11.8. The molecular formula is C24H20ClN5O2S. The van der Waals surface area contributed by atoms with E-state index in [0.717, 1.165) is 47.2 Å². The maximum Gasteiger partial charge on any atom is 0.274 e. The van der Waals surface area contributed by atoms with E-state index in [4.69, 9.17) is 16.3 Å². The summed E-state index contributed by atoms with van der Waals surface area (Å²) < 4.78 is 5.45. The van der Waals surface area contributed by atoms with Gasteiger partial charge < -0.3 is 10.1 Å². The van der Waals surface area contributed by atoms with E-state index in [1.807, 2.05) is 54.6 Å². The summed E-state index contributed by atoms with van der Waals surface area (Å²) in [4.78, 5) is 21.8. The van der Waals surface area contributed by atoms with E-state index in [1.54, 1.807) is 11.3 Å². The van der Waals surface area contributed by atoms with Crippen molar-refractivity contribution in [2.45, 2.75) is 18.8 Å². The molecule has 9 heteroatoms. The van der Waals surface area contributed by atoms with Gasteiger partial charge in [-0.05, 0) is 25.0 Å². The van der Waals surface area contributed by atoms with Gasteiger partial charge in [0.05, 0.1) is 5.69 Å². The predicted octanol–water partition coefficient (Wildman–Crippen LogP) is 5.46. The molecule has 1 aliphatic heterocycles. The van der Waals surface area contributed by atoms with Crippen molar-refractivity contribution >= 4 is 34.5 Å². The van der Waals surface area contributed by atoms with E-state index < -0.39 is 0 Å². The van der Waals surface area contributed by atoms with Gasteiger partial charge in [-0.2, -0.15) is 0 Å². The van der Waals surface area contributed by atoms with Crippen molar-refractivity contribution in [2.24, 2.45) is 0 Å². The average Bonchev–Trinajstić information content (AvgIpc) is 3.35. The summed E-state index contributed by atoms with van der Waals surface area (Å²) in [5, 5.41) is 13.7. The highest BCUT2D eigenvalue weighted by atomic mass is 35.5. The number of hydrogen-bond acceptors (Lipinski definition) is 7. The molecule has 0 radical (unpaired) electrons. The molecule has 33 heavy (non-hydrogen) atoms. The minimum Gasteiger partial charge on any atom is -0.381 e. The molecule has 2 aromatic carbocycles. The number of aromatic nitrogens is 4. The number of halogens is 1. The molecule has 1 saturated heterocycles. The molecule has 7 nitrogen and oxygen atoms in total. The molecule has 0 bridgehead atoms. The molecule has 0 aliphatic carbocycles. The Morgan fingerprint density at radius 2 is 1.76 bits per heavy atom. The Labute approximate surface area is 199 Å². The monoisotopic (exact) mass is 477 g/mol. The van der Waals surface area contributed by atoms with Crippen LogP contribution in [0.25, 0.3) is 22.0 Å². The third-order valence-corrected chi connectivity index (χ3v) is 6.69. The highest BCUT2D eigenvalue weighted by molar-refractivity contribution is 7.14. The lowest BCUT2D eigenvalue weighted by molar-refractivity contribution is 0.0851. The van der Waals surface area contributed by atoms with E-state index in [2.05, 4.69) is 25.5 Å². The molecule has 1 amide bonds. The number of benzene rings is 2. The van der Waals surface area contributed by atoms with Crippen LogP contribution in [0.2, 0.25) is 5.15 Å². The first kappa shape index (κ1) is 21.6. The van der Waals surface area contributed by atoms with Crippen LogP contribution in [0.15, 0.2) is 60.7 Å². The van der Waals surface area contributed by atoms with Crippen molar-refractivity contribution in [1.82, 2.24) is 20.2 Å². The fraction of sp³-hybridized carbons (Fsp3) is 0.208. The summed E-state index contributed by atoms with van der Waals surface area (Å²) in [6.45, 7) is 1.50. The quantitative estimate of drug-likeness (QED) is 0.384. The van der Waals surface area contributed by atoms with Gasteiger partial charge in [-0.3, -0.25) is 4.79 Å². The van der Waals surface area contributed by atoms with Gasteiger partial charge in [-0.15, -0.1) is 10.2 Å². The molecule has 3 heterocycles. The number of para-hydroxylation sites is 1. The maximum atomic E-state index is 13.1. The predicted molar refractivity (Wildman–Crippen MR) is 129 cm³/mol. The number of carbonyl (C=O) groups excluding carboxylic acids is 1. The first-order valence-electron chi connectivity index (χ1n) is 10.6. The summed E-state index contributed by atoms with van der Waals surface area (Å²) >= 11 is 7.75. The van der Waals surface area contributed by atoms with Crippen LogP contribution in [0, 0.1) is 0 Å². The second-order valence-electron chi connectivity index (χ2n) is 7.60. The molecule has 0 unspecified atom stereocenters. The fourth-order valence-electron chi connectivity index (χ4n) is 3.67. The smallest absolute Gasteiger partial charge is 0.274 e. The van der Waals surface area contributed by atoms with E-state index in [1.165, 1.54) is 6.07 Å². The van der Waals surface area contributed by atoms with Crippen LogP contribution < -0.4 is 5.32 Å². The second kappa shape index (κ2) is 9.74. The summed E-state index contributed by atoms with van der Waals surface area (Å²) in [6.07, 6.45) is 1.90. The van der Waals surface area contributed by atoms with Gasteiger partial charge >= 0.3 is 0 Å². The van der Waals surface area contributed by atoms with Crippen LogP contribution in [0.3, 0.4) is 0 Å². The fourth-order valence-corrected chi connectivity index (χ4v) is 4.90. The summed E-state index contributed by atoms with van der Waals surface area (Å²) in [5.41, 5.74) is 2.41. The van der Waals surface area contributed by atoms with Gasteiger partial charge in [0.1, 0.15) is 20.9 Å². The normalized spacial score (nSPS) is 14.2. The van der Waals surface area contributed by atoms with Crippen molar-refractivity contribution in [2.75, 3.05) is 18.5 Å². The zero-order valence-electron chi connectivity index (χ0n) is 17.6. The lowest BCUT2D eigenvalue weighted by atomic mass is 10.0. The third kappa shape index (κ3) is 4.93. The molecule has 5 rings (SSSR count). The van der Waals surface area contributed by atoms with E-state index >= 15 is 0 Å². The van der Waals surface area contributed by atoms with Crippen molar-refractivity contribution in [3.63, 3.8) is 0 Å².